The van der Waals surface area contributed by atoms with Gasteiger partial charge in [0.2, 0.25) is 0 Å². The van der Waals surface area contributed by atoms with Gasteiger partial charge in [-0.25, -0.2) is 0 Å². The second kappa shape index (κ2) is 11.1. The van der Waals surface area contributed by atoms with Gasteiger partial charge in [0.25, 0.3) is 0 Å². The van der Waals surface area contributed by atoms with Crippen LogP contribution in [-0.4, -0.2) is 36.6 Å². The molecular weight excluding hydrogens is 250 g/mol. The number of ether oxygens (including phenoxy) is 1. The SMILES string of the molecule is CCCCC(CCCC)OC(=O)CCCN1CCCC1. The van der Waals surface area contributed by atoms with Gasteiger partial charge in [0, 0.05) is 6.42 Å². The van der Waals surface area contributed by atoms with Crippen molar-refractivity contribution in [3.05, 3.63) is 0 Å². The van der Waals surface area contributed by atoms with E-state index in [0.717, 1.165) is 38.6 Å². The Morgan fingerprint density at radius 3 is 2.20 bits per heavy atom. The molecule has 0 aromatic rings. The first-order chi connectivity index (χ1) is 9.76. The second-order valence-electron chi connectivity index (χ2n) is 6.05. The van der Waals surface area contributed by atoms with Gasteiger partial charge in [-0.3, -0.25) is 4.79 Å². The van der Waals surface area contributed by atoms with Gasteiger partial charge >= 0.3 is 5.97 Å². The van der Waals surface area contributed by atoms with Crippen LogP contribution in [0.1, 0.15) is 78.1 Å². The van der Waals surface area contributed by atoms with Gasteiger partial charge in [0.1, 0.15) is 6.10 Å². The van der Waals surface area contributed by atoms with Crippen molar-refractivity contribution in [3.63, 3.8) is 0 Å². The predicted octanol–water partition coefficient (Wildman–Crippen LogP) is 4.15. The molecule has 1 saturated heterocycles. The number of esters is 1. The Kier molecular flexibility index (Phi) is 9.73. The molecule has 0 amide bonds. The molecule has 0 N–H and O–H groups in total. The maximum Gasteiger partial charge on any atom is 0.306 e. The molecule has 0 atom stereocenters. The third-order valence-corrected chi connectivity index (χ3v) is 4.11. The highest BCUT2D eigenvalue weighted by atomic mass is 16.5. The molecule has 0 spiro atoms. The average Bonchev–Trinajstić information content (AvgIpc) is 2.95. The molecular formula is C17H33NO2. The first-order valence-corrected chi connectivity index (χ1v) is 8.68. The standard InChI is InChI=1S/C17H33NO2/c1-3-5-10-16(11-6-4-2)20-17(19)12-9-15-18-13-7-8-14-18/h16H,3-15H2,1-2H3. The van der Waals surface area contributed by atoms with Crippen LogP contribution >= 0.6 is 0 Å². The molecule has 1 heterocycles. The molecule has 0 bridgehead atoms. The Hall–Kier alpha value is -0.570. The van der Waals surface area contributed by atoms with E-state index in [-0.39, 0.29) is 12.1 Å². The van der Waals surface area contributed by atoms with Crippen LogP contribution in [0.3, 0.4) is 0 Å². The zero-order valence-corrected chi connectivity index (χ0v) is 13.5. The van der Waals surface area contributed by atoms with E-state index in [9.17, 15) is 4.79 Å². The molecule has 1 aliphatic rings. The van der Waals surface area contributed by atoms with Gasteiger partial charge in [-0.2, -0.15) is 0 Å². The van der Waals surface area contributed by atoms with Crippen LogP contribution in [0.15, 0.2) is 0 Å². The van der Waals surface area contributed by atoms with Crippen molar-refractivity contribution in [3.8, 4) is 0 Å². The molecule has 1 fully saturated rings. The van der Waals surface area contributed by atoms with Gasteiger partial charge in [0.05, 0.1) is 0 Å². The minimum Gasteiger partial charge on any atom is -0.462 e. The van der Waals surface area contributed by atoms with Crippen LogP contribution in [-0.2, 0) is 9.53 Å². The molecule has 20 heavy (non-hydrogen) atoms. The van der Waals surface area contributed by atoms with E-state index in [1.54, 1.807) is 0 Å². The Morgan fingerprint density at radius 1 is 1.05 bits per heavy atom. The number of carbonyl (C=O) groups is 1. The molecule has 1 aliphatic heterocycles. The van der Waals surface area contributed by atoms with Gasteiger partial charge in [-0.15, -0.1) is 0 Å². The van der Waals surface area contributed by atoms with Gasteiger partial charge in [-0.05, 0) is 51.7 Å². The molecule has 3 nitrogen and oxygen atoms in total. The highest BCUT2D eigenvalue weighted by Crippen LogP contribution is 2.14. The molecule has 0 aliphatic carbocycles. The van der Waals surface area contributed by atoms with Crippen molar-refractivity contribution in [2.24, 2.45) is 0 Å². The number of likely N-dealkylation sites (tertiary alicyclic amines) is 1. The summed E-state index contributed by atoms with van der Waals surface area (Å²) in [6.07, 6.45) is 11.1. The summed E-state index contributed by atoms with van der Waals surface area (Å²) in [5.41, 5.74) is 0. The van der Waals surface area contributed by atoms with Crippen LogP contribution in [0.25, 0.3) is 0 Å². The lowest BCUT2D eigenvalue weighted by atomic mass is 10.1. The van der Waals surface area contributed by atoms with E-state index in [1.807, 2.05) is 0 Å². The second-order valence-corrected chi connectivity index (χ2v) is 6.05. The number of hydrogen-bond acceptors (Lipinski definition) is 3. The van der Waals surface area contributed by atoms with Gasteiger partial charge < -0.3 is 9.64 Å². The summed E-state index contributed by atoms with van der Waals surface area (Å²) in [5.74, 6) is 0.0152. The topological polar surface area (TPSA) is 29.5 Å². The minimum atomic E-state index is 0.0152. The summed E-state index contributed by atoms with van der Waals surface area (Å²) in [7, 11) is 0. The fourth-order valence-corrected chi connectivity index (χ4v) is 2.82. The van der Waals surface area contributed by atoms with Crippen LogP contribution in [0.5, 0.6) is 0 Å². The van der Waals surface area contributed by atoms with Crippen molar-refractivity contribution in [1.29, 1.82) is 0 Å². The summed E-state index contributed by atoms with van der Waals surface area (Å²) >= 11 is 0. The number of carbonyl (C=O) groups excluding carboxylic acids is 1. The molecule has 0 radical (unpaired) electrons. The molecule has 0 saturated carbocycles. The van der Waals surface area contributed by atoms with Crippen molar-refractivity contribution < 1.29 is 9.53 Å². The quantitative estimate of drug-likeness (QED) is 0.533. The summed E-state index contributed by atoms with van der Waals surface area (Å²) in [4.78, 5) is 14.4. The normalized spacial score (nSPS) is 15.9. The van der Waals surface area contributed by atoms with E-state index in [4.69, 9.17) is 4.74 Å². The zero-order chi connectivity index (χ0) is 14.6. The first kappa shape index (κ1) is 17.5. The van der Waals surface area contributed by atoms with E-state index < -0.39 is 0 Å². The largest absolute Gasteiger partial charge is 0.462 e. The summed E-state index contributed by atoms with van der Waals surface area (Å²) in [5, 5.41) is 0. The van der Waals surface area contributed by atoms with Gasteiger partial charge in [-0.1, -0.05) is 39.5 Å². The van der Waals surface area contributed by atoms with Crippen LogP contribution in [0.2, 0.25) is 0 Å². The Bertz CT molecular complexity index is 241. The van der Waals surface area contributed by atoms with Crippen LogP contribution in [0, 0.1) is 0 Å². The lowest BCUT2D eigenvalue weighted by Gasteiger charge is -2.18. The van der Waals surface area contributed by atoms with Crippen molar-refractivity contribution >= 4 is 5.97 Å². The van der Waals surface area contributed by atoms with Crippen molar-refractivity contribution in [1.82, 2.24) is 4.90 Å². The maximum atomic E-state index is 11.9. The summed E-state index contributed by atoms with van der Waals surface area (Å²) in [6, 6.07) is 0. The predicted molar refractivity (Wildman–Crippen MR) is 83.8 cm³/mol. The maximum absolute atomic E-state index is 11.9. The highest BCUT2D eigenvalue weighted by Gasteiger charge is 2.15. The third-order valence-electron chi connectivity index (χ3n) is 4.11. The lowest BCUT2D eigenvalue weighted by molar-refractivity contribution is -0.150. The van der Waals surface area contributed by atoms with E-state index in [1.165, 1.54) is 38.8 Å². The Labute approximate surface area is 125 Å². The molecule has 118 valence electrons. The molecule has 0 aromatic carbocycles. The minimum absolute atomic E-state index is 0.0152. The Balaban J connectivity index is 2.14. The van der Waals surface area contributed by atoms with Crippen molar-refractivity contribution in [2.75, 3.05) is 19.6 Å². The number of nitrogens with zero attached hydrogens (tertiary/aromatic N) is 1. The zero-order valence-electron chi connectivity index (χ0n) is 13.5. The smallest absolute Gasteiger partial charge is 0.306 e. The number of unbranched alkanes of at least 4 members (excludes halogenated alkanes) is 2. The lowest BCUT2D eigenvalue weighted by Crippen LogP contribution is -2.23. The van der Waals surface area contributed by atoms with Crippen LogP contribution in [0.4, 0.5) is 0 Å². The molecule has 3 heteroatoms. The van der Waals surface area contributed by atoms with E-state index in [2.05, 4.69) is 18.7 Å². The fourth-order valence-electron chi connectivity index (χ4n) is 2.82. The molecule has 1 rings (SSSR count). The fraction of sp³-hybridized carbons (Fsp3) is 0.941. The summed E-state index contributed by atoms with van der Waals surface area (Å²) in [6.45, 7) is 7.86. The number of rotatable bonds is 11. The Morgan fingerprint density at radius 2 is 1.65 bits per heavy atom. The first-order valence-electron chi connectivity index (χ1n) is 8.68. The van der Waals surface area contributed by atoms with E-state index in [0.29, 0.717) is 6.42 Å². The molecule has 0 aromatic heterocycles. The third kappa shape index (κ3) is 7.88. The average molecular weight is 283 g/mol. The number of hydrogen-bond donors (Lipinski definition) is 0. The monoisotopic (exact) mass is 283 g/mol. The van der Waals surface area contributed by atoms with Gasteiger partial charge in [0.15, 0.2) is 0 Å². The van der Waals surface area contributed by atoms with Crippen molar-refractivity contribution in [2.45, 2.75) is 84.2 Å². The summed E-state index contributed by atoms with van der Waals surface area (Å²) < 4.78 is 5.66. The highest BCUT2D eigenvalue weighted by molar-refractivity contribution is 5.69. The van der Waals surface area contributed by atoms with E-state index >= 15 is 0 Å². The van der Waals surface area contributed by atoms with Crippen LogP contribution < -0.4 is 0 Å². The molecule has 0 unspecified atom stereocenters.